The average Bonchev–Trinajstić information content (AvgIpc) is 2.90. The van der Waals surface area contributed by atoms with E-state index in [4.69, 9.17) is 0 Å². The third-order valence-electron chi connectivity index (χ3n) is 3.97. The second-order valence-electron chi connectivity index (χ2n) is 5.87. The molecule has 0 saturated heterocycles. The number of halogens is 2. The Hall–Kier alpha value is -3.02. The highest BCUT2D eigenvalue weighted by molar-refractivity contribution is 6.13. The van der Waals surface area contributed by atoms with Gasteiger partial charge in [0.25, 0.3) is 0 Å². The van der Waals surface area contributed by atoms with Crippen LogP contribution in [-0.4, -0.2) is 16.0 Å². The van der Waals surface area contributed by atoms with E-state index in [0.717, 1.165) is 16.8 Å². The SMILES string of the molecule is Cc1cc(F)c(C2=Nc3ccc(C)cc3-c3[nH]ncc3N2)c(F)c1. The maximum absolute atomic E-state index is 14.4. The molecule has 4 rings (SSSR count). The van der Waals surface area contributed by atoms with Gasteiger partial charge >= 0.3 is 0 Å². The van der Waals surface area contributed by atoms with Gasteiger partial charge in [-0.3, -0.25) is 5.10 Å². The van der Waals surface area contributed by atoms with E-state index in [9.17, 15) is 8.78 Å². The van der Waals surface area contributed by atoms with Crippen LogP contribution < -0.4 is 5.32 Å². The number of benzene rings is 2. The molecule has 4 nitrogen and oxygen atoms in total. The molecule has 1 aliphatic rings. The Bertz CT molecular complexity index is 965. The number of rotatable bonds is 1. The van der Waals surface area contributed by atoms with E-state index in [1.165, 1.54) is 12.1 Å². The number of nitrogens with one attached hydrogen (secondary N) is 2. The molecule has 0 fully saturated rings. The van der Waals surface area contributed by atoms with Gasteiger partial charge in [0.2, 0.25) is 0 Å². The number of aliphatic imine (C=N–C) groups is 1. The van der Waals surface area contributed by atoms with Gasteiger partial charge in [0.1, 0.15) is 17.5 Å². The molecule has 0 amide bonds. The summed E-state index contributed by atoms with van der Waals surface area (Å²) in [5.74, 6) is -1.19. The molecule has 1 aliphatic heterocycles. The van der Waals surface area contributed by atoms with Crippen molar-refractivity contribution in [3.8, 4) is 11.3 Å². The summed E-state index contributed by atoms with van der Waals surface area (Å²) in [6.07, 6.45) is 1.58. The molecule has 6 heteroatoms. The fourth-order valence-corrected chi connectivity index (χ4v) is 2.85. The van der Waals surface area contributed by atoms with Gasteiger partial charge < -0.3 is 5.32 Å². The van der Waals surface area contributed by atoms with Crippen molar-refractivity contribution in [3.05, 3.63) is 64.9 Å². The second kappa shape index (κ2) is 5.26. The lowest BCUT2D eigenvalue weighted by Gasteiger charge is -2.10. The van der Waals surface area contributed by atoms with Crippen LogP contribution in [0.25, 0.3) is 11.3 Å². The van der Waals surface area contributed by atoms with Gasteiger partial charge in [-0.05, 0) is 43.7 Å². The summed E-state index contributed by atoms with van der Waals surface area (Å²) in [6.45, 7) is 3.61. The maximum atomic E-state index is 14.4. The van der Waals surface area contributed by atoms with Crippen molar-refractivity contribution in [1.82, 2.24) is 10.2 Å². The molecule has 2 heterocycles. The van der Waals surface area contributed by atoms with Crippen molar-refractivity contribution >= 4 is 17.2 Å². The fourth-order valence-electron chi connectivity index (χ4n) is 2.85. The Morgan fingerprint density at radius 3 is 2.46 bits per heavy atom. The monoisotopic (exact) mass is 324 g/mol. The van der Waals surface area contributed by atoms with Crippen LogP contribution in [0.3, 0.4) is 0 Å². The van der Waals surface area contributed by atoms with Crippen LogP contribution >= 0.6 is 0 Å². The molecule has 0 radical (unpaired) electrons. The summed E-state index contributed by atoms with van der Waals surface area (Å²) >= 11 is 0. The highest BCUT2D eigenvalue weighted by Crippen LogP contribution is 2.37. The standard InChI is InChI=1S/C18H14F2N4/c1-9-3-4-14-11(5-9)17-15(8-21-24-17)23-18(22-14)16-12(19)6-10(2)7-13(16)20/h3-8H,1-2H3,(H,21,24)(H,22,23). The van der Waals surface area contributed by atoms with Crippen LogP contribution in [0.2, 0.25) is 0 Å². The maximum Gasteiger partial charge on any atom is 0.144 e. The average molecular weight is 324 g/mol. The molecular formula is C18H14F2N4. The first-order valence-corrected chi connectivity index (χ1v) is 7.49. The Morgan fingerprint density at radius 2 is 1.71 bits per heavy atom. The lowest BCUT2D eigenvalue weighted by atomic mass is 10.1. The van der Waals surface area contributed by atoms with Crippen molar-refractivity contribution < 1.29 is 8.78 Å². The first kappa shape index (κ1) is 14.6. The number of hydrogen-bond acceptors (Lipinski definition) is 3. The Kier molecular flexibility index (Phi) is 3.19. The second-order valence-corrected chi connectivity index (χ2v) is 5.87. The lowest BCUT2D eigenvalue weighted by Crippen LogP contribution is -2.16. The van der Waals surface area contributed by atoms with Crippen LogP contribution in [-0.2, 0) is 0 Å². The number of hydrogen-bond donors (Lipinski definition) is 2. The Balaban J connectivity index is 1.98. The molecule has 0 saturated carbocycles. The topological polar surface area (TPSA) is 53.1 Å². The third-order valence-corrected chi connectivity index (χ3v) is 3.97. The summed E-state index contributed by atoms with van der Waals surface area (Å²) in [5, 5.41) is 9.95. The first-order chi connectivity index (χ1) is 11.5. The Morgan fingerprint density at radius 1 is 0.958 bits per heavy atom. The molecule has 3 aromatic rings. The summed E-state index contributed by atoms with van der Waals surface area (Å²) in [7, 11) is 0. The lowest BCUT2D eigenvalue weighted by molar-refractivity contribution is 0.577. The predicted molar refractivity (Wildman–Crippen MR) is 89.7 cm³/mol. The van der Waals surface area contributed by atoms with E-state index in [0.29, 0.717) is 16.9 Å². The van der Waals surface area contributed by atoms with Gasteiger partial charge in [-0.2, -0.15) is 5.10 Å². The zero-order chi connectivity index (χ0) is 16.8. The summed E-state index contributed by atoms with van der Waals surface area (Å²) in [6, 6.07) is 8.28. The minimum atomic E-state index is -0.653. The molecule has 2 aromatic carbocycles. The number of nitrogens with zero attached hydrogens (tertiary/aromatic N) is 2. The van der Waals surface area contributed by atoms with Gasteiger partial charge in [-0.1, -0.05) is 11.6 Å². The van der Waals surface area contributed by atoms with Gasteiger partial charge in [-0.15, -0.1) is 0 Å². The van der Waals surface area contributed by atoms with Crippen LogP contribution in [0, 0.1) is 25.5 Å². The van der Waals surface area contributed by atoms with E-state index >= 15 is 0 Å². The van der Waals surface area contributed by atoms with Crippen molar-refractivity contribution in [1.29, 1.82) is 0 Å². The fraction of sp³-hybridized carbons (Fsp3) is 0.111. The Labute approximate surface area is 137 Å². The number of anilines is 1. The van der Waals surface area contributed by atoms with E-state index in [1.807, 2.05) is 25.1 Å². The van der Waals surface area contributed by atoms with Crippen molar-refractivity contribution in [2.45, 2.75) is 13.8 Å². The van der Waals surface area contributed by atoms with Crippen LogP contribution in [0.5, 0.6) is 0 Å². The molecule has 0 atom stereocenters. The zero-order valence-electron chi connectivity index (χ0n) is 13.1. The highest BCUT2D eigenvalue weighted by atomic mass is 19.1. The zero-order valence-corrected chi connectivity index (χ0v) is 13.1. The largest absolute Gasteiger partial charge is 0.336 e. The number of amidine groups is 1. The summed E-state index contributed by atoms with van der Waals surface area (Å²) in [5.41, 5.74) is 4.20. The third kappa shape index (κ3) is 2.27. The molecule has 2 N–H and O–H groups in total. The minimum Gasteiger partial charge on any atom is -0.336 e. The predicted octanol–water partition coefficient (Wildman–Crippen LogP) is 4.48. The quantitative estimate of drug-likeness (QED) is 0.693. The van der Waals surface area contributed by atoms with Crippen molar-refractivity contribution in [3.63, 3.8) is 0 Å². The molecule has 0 unspecified atom stereocenters. The summed E-state index contributed by atoms with van der Waals surface area (Å²) in [4.78, 5) is 4.47. The number of aryl methyl sites for hydroxylation is 2. The van der Waals surface area contributed by atoms with E-state index in [-0.39, 0.29) is 11.4 Å². The number of aromatic nitrogens is 2. The molecule has 0 aliphatic carbocycles. The van der Waals surface area contributed by atoms with E-state index in [1.54, 1.807) is 13.1 Å². The molecule has 0 bridgehead atoms. The molecular weight excluding hydrogens is 310 g/mol. The smallest absolute Gasteiger partial charge is 0.144 e. The first-order valence-electron chi connectivity index (χ1n) is 7.49. The molecule has 0 spiro atoms. The molecule has 120 valence electrons. The number of fused-ring (bicyclic) bond motifs is 3. The van der Waals surface area contributed by atoms with E-state index in [2.05, 4.69) is 20.5 Å². The van der Waals surface area contributed by atoms with Gasteiger partial charge in [-0.25, -0.2) is 13.8 Å². The van der Waals surface area contributed by atoms with Crippen LogP contribution in [0.1, 0.15) is 16.7 Å². The molecule has 24 heavy (non-hydrogen) atoms. The number of H-pyrrole nitrogens is 1. The van der Waals surface area contributed by atoms with Crippen molar-refractivity contribution in [2.24, 2.45) is 4.99 Å². The van der Waals surface area contributed by atoms with Gasteiger partial charge in [0.15, 0.2) is 0 Å². The van der Waals surface area contributed by atoms with Gasteiger partial charge in [0, 0.05) is 5.56 Å². The molecule has 1 aromatic heterocycles. The highest BCUT2D eigenvalue weighted by Gasteiger charge is 2.23. The van der Waals surface area contributed by atoms with Crippen molar-refractivity contribution in [2.75, 3.05) is 5.32 Å². The van der Waals surface area contributed by atoms with Gasteiger partial charge in [0.05, 0.1) is 28.8 Å². The van der Waals surface area contributed by atoms with E-state index < -0.39 is 11.6 Å². The normalized spacial score (nSPS) is 12.8. The van der Waals surface area contributed by atoms with Crippen LogP contribution in [0.4, 0.5) is 20.2 Å². The summed E-state index contributed by atoms with van der Waals surface area (Å²) < 4.78 is 28.8. The minimum absolute atomic E-state index is 0.121. The number of aromatic amines is 1. The van der Waals surface area contributed by atoms with Crippen LogP contribution in [0.15, 0.2) is 41.5 Å².